The fraction of sp³-hybridized carbons (Fsp3) is 0.360. The molecule has 4 heterocycles. The summed E-state index contributed by atoms with van der Waals surface area (Å²) in [6.45, 7) is 4.62. The minimum absolute atomic E-state index is 0.149. The van der Waals surface area contributed by atoms with E-state index < -0.39 is 0 Å². The van der Waals surface area contributed by atoms with E-state index in [0.717, 1.165) is 53.7 Å². The average molecular weight is 447 g/mol. The van der Waals surface area contributed by atoms with Gasteiger partial charge in [-0.25, -0.2) is 24.0 Å². The summed E-state index contributed by atoms with van der Waals surface area (Å²) >= 11 is 0. The van der Waals surface area contributed by atoms with Gasteiger partial charge in [-0.3, -0.25) is 0 Å². The molecule has 5 rings (SSSR count). The number of methoxy groups -OCH3 is 1. The molecule has 0 N–H and O–H groups in total. The molecule has 3 aromatic heterocycles. The third kappa shape index (κ3) is 4.25. The lowest BCUT2D eigenvalue weighted by Gasteiger charge is -2.22. The van der Waals surface area contributed by atoms with Crippen LogP contribution in [0.2, 0.25) is 0 Å². The second kappa shape index (κ2) is 8.77. The van der Waals surface area contributed by atoms with Crippen LogP contribution >= 0.6 is 0 Å². The molecule has 170 valence electrons. The lowest BCUT2D eigenvalue weighted by molar-refractivity contribution is 0.394. The lowest BCUT2D eigenvalue weighted by Crippen LogP contribution is -2.18. The molecule has 0 aliphatic carbocycles. The number of fused-ring (bicyclic) bond motifs is 1. The van der Waals surface area contributed by atoms with E-state index in [0.29, 0.717) is 24.3 Å². The maximum Gasteiger partial charge on any atom is 0.238 e. The summed E-state index contributed by atoms with van der Waals surface area (Å²) in [5, 5.41) is 4.75. The summed E-state index contributed by atoms with van der Waals surface area (Å²) < 4.78 is 23.2. The molecule has 1 aliphatic rings. The zero-order valence-electron chi connectivity index (χ0n) is 19.1. The van der Waals surface area contributed by atoms with Crippen LogP contribution < -0.4 is 4.74 Å². The van der Waals surface area contributed by atoms with Crippen LogP contribution in [0.15, 0.2) is 42.9 Å². The predicted molar refractivity (Wildman–Crippen MR) is 122 cm³/mol. The number of ether oxygens (including phenoxy) is 1. The molecule has 0 saturated carbocycles. The third-order valence-electron chi connectivity index (χ3n) is 6.19. The number of aryl methyl sites for hydroxylation is 5. The summed E-state index contributed by atoms with van der Waals surface area (Å²) in [4.78, 5) is 13.8. The summed E-state index contributed by atoms with van der Waals surface area (Å²) in [7, 11) is 1.63. The highest BCUT2D eigenvalue weighted by Crippen LogP contribution is 2.33. The maximum absolute atomic E-state index is 13.8. The highest BCUT2D eigenvalue weighted by atomic mass is 19.1. The van der Waals surface area contributed by atoms with Crippen molar-refractivity contribution in [3.63, 3.8) is 0 Å². The topological polar surface area (TPSA) is 70.7 Å². The highest BCUT2D eigenvalue weighted by Gasteiger charge is 2.26. The summed E-state index contributed by atoms with van der Waals surface area (Å²) in [6, 6.07) is 9.36. The Labute approximate surface area is 192 Å². The second-order valence-electron chi connectivity index (χ2n) is 8.57. The Morgan fingerprint density at radius 3 is 2.76 bits per heavy atom. The van der Waals surface area contributed by atoms with Crippen molar-refractivity contribution >= 4 is 0 Å². The fourth-order valence-electron chi connectivity index (χ4n) is 4.46. The summed E-state index contributed by atoms with van der Waals surface area (Å²) in [5.74, 6) is 2.32. The lowest BCUT2D eigenvalue weighted by atomic mass is 9.90. The van der Waals surface area contributed by atoms with E-state index in [4.69, 9.17) is 14.8 Å². The zero-order chi connectivity index (χ0) is 22.9. The van der Waals surface area contributed by atoms with E-state index in [2.05, 4.69) is 9.97 Å². The first kappa shape index (κ1) is 21.3. The van der Waals surface area contributed by atoms with Crippen molar-refractivity contribution in [2.75, 3.05) is 7.11 Å². The number of nitrogens with zero attached hydrogens (tertiary/aromatic N) is 6. The Bertz CT molecular complexity index is 1290. The third-order valence-corrected chi connectivity index (χ3v) is 6.19. The van der Waals surface area contributed by atoms with Gasteiger partial charge in [0.2, 0.25) is 5.88 Å². The first-order valence-electron chi connectivity index (χ1n) is 11.3. The summed E-state index contributed by atoms with van der Waals surface area (Å²) in [6.07, 6.45) is 7.13. The maximum atomic E-state index is 13.8. The molecule has 0 spiro atoms. The molecule has 0 amide bonds. The van der Waals surface area contributed by atoms with E-state index in [-0.39, 0.29) is 11.7 Å². The Balaban J connectivity index is 1.34. The van der Waals surface area contributed by atoms with E-state index in [1.54, 1.807) is 26.4 Å². The van der Waals surface area contributed by atoms with Gasteiger partial charge in [-0.1, -0.05) is 12.1 Å². The van der Waals surface area contributed by atoms with E-state index in [1.165, 1.54) is 0 Å². The molecule has 0 saturated heterocycles. The fourth-order valence-corrected chi connectivity index (χ4v) is 4.46. The van der Waals surface area contributed by atoms with Gasteiger partial charge < -0.3 is 9.30 Å². The molecule has 0 radical (unpaired) electrons. The van der Waals surface area contributed by atoms with Gasteiger partial charge in [-0.2, -0.15) is 5.10 Å². The minimum atomic E-state index is -0.172. The standard InChI is InChI=1S/C25H27FN6O/c1-16-13-18(6-9-21(16)26)20-5-4-12-32-24(20)29-23(30-32)11-8-19-7-10-22(25(28-19)33-3)31-14-17(2)27-15-31/h6-7,9-10,13-15,20H,4-5,8,11-12H2,1-3H3/t20-/m1/s1. The van der Waals surface area contributed by atoms with Crippen LogP contribution in [0.1, 0.15) is 52.9 Å². The molecule has 1 aliphatic heterocycles. The van der Waals surface area contributed by atoms with Gasteiger partial charge >= 0.3 is 0 Å². The Kier molecular flexibility index (Phi) is 5.66. The van der Waals surface area contributed by atoms with Crippen molar-refractivity contribution in [3.8, 4) is 11.6 Å². The second-order valence-corrected chi connectivity index (χ2v) is 8.57. The van der Waals surface area contributed by atoms with Crippen molar-refractivity contribution in [2.45, 2.75) is 52.0 Å². The largest absolute Gasteiger partial charge is 0.479 e. The quantitative estimate of drug-likeness (QED) is 0.441. The first-order chi connectivity index (χ1) is 16.0. The van der Waals surface area contributed by atoms with Crippen molar-refractivity contribution in [2.24, 2.45) is 0 Å². The molecule has 33 heavy (non-hydrogen) atoms. The molecule has 7 nitrogen and oxygen atoms in total. The number of hydrogen-bond acceptors (Lipinski definition) is 5. The van der Waals surface area contributed by atoms with Gasteiger partial charge in [0.25, 0.3) is 0 Å². The molecular weight excluding hydrogens is 419 g/mol. The molecule has 0 fully saturated rings. The number of aromatic nitrogens is 6. The van der Waals surface area contributed by atoms with Gasteiger partial charge in [0.15, 0.2) is 5.82 Å². The van der Waals surface area contributed by atoms with Crippen LogP contribution in [0, 0.1) is 19.7 Å². The van der Waals surface area contributed by atoms with Crippen molar-refractivity contribution in [1.29, 1.82) is 0 Å². The molecule has 4 aromatic rings. The van der Waals surface area contributed by atoms with Gasteiger partial charge in [-0.15, -0.1) is 0 Å². The Morgan fingerprint density at radius 2 is 2.00 bits per heavy atom. The van der Waals surface area contributed by atoms with E-state index in [9.17, 15) is 4.39 Å². The van der Waals surface area contributed by atoms with Crippen molar-refractivity contribution < 1.29 is 9.13 Å². The van der Waals surface area contributed by atoms with Crippen LogP contribution in [0.25, 0.3) is 5.69 Å². The smallest absolute Gasteiger partial charge is 0.238 e. The molecule has 0 bridgehead atoms. The zero-order valence-corrected chi connectivity index (χ0v) is 19.1. The van der Waals surface area contributed by atoms with Gasteiger partial charge in [0, 0.05) is 30.8 Å². The first-order valence-corrected chi connectivity index (χ1v) is 11.3. The number of benzene rings is 1. The van der Waals surface area contributed by atoms with Crippen LogP contribution in [-0.2, 0) is 19.4 Å². The van der Waals surface area contributed by atoms with Crippen LogP contribution in [0.3, 0.4) is 0 Å². The average Bonchev–Trinajstić information content (AvgIpc) is 3.45. The highest BCUT2D eigenvalue weighted by molar-refractivity contribution is 5.43. The van der Waals surface area contributed by atoms with E-state index >= 15 is 0 Å². The van der Waals surface area contributed by atoms with Crippen LogP contribution in [0.5, 0.6) is 5.88 Å². The Morgan fingerprint density at radius 1 is 1.12 bits per heavy atom. The van der Waals surface area contributed by atoms with Gasteiger partial charge in [-0.05, 0) is 62.4 Å². The molecule has 8 heteroatoms. The van der Waals surface area contributed by atoms with Crippen molar-refractivity contribution in [1.82, 2.24) is 29.3 Å². The molecule has 0 unspecified atom stereocenters. The molecule has 1 atom stereocenters. The molecular formula is C25H27FN6O. The normalized spacial score (nSPS) is 15.5. The number of halogens is 1. The van der Waals surface area contributed by atoms with Crippen molar-refractivity contribution in [3.05, 3.63) is 82.8 Å². The Hall–Kier alpha value is -3.55. The van der Waals surface area contributed by atoms with Gasteiger partial charge in [0.1, 0.15) is 17.3 Å². The van der Waals surface area contributed by atoms with Crippen LogP contribution in [-0.4, -0.2) is 36.4 Å². The summed E-state index contributed by atoms with van der Waals surface area (Å²) in [5.41, 5.74) is 4.48. The number of imidazole rings is 1. The number of hydrogen-bond donors (Lipinski definition) is 0. The minimum Gasteiger partial charge on any atom is -0.479 e. The van der Waals surface area contributed by atoms with Crippen LogP contribution in [0.4, 0.5) is 4.39 Å². The van der Waals surface area contributed by atoms with E-state index in [1.807, 2.05) is 46.6 Å². The number of rotatable bonds is 6. The molecule has 1 aromatic carbocycles. The number of pyridine rings is 1. The monoisotopic (exact) mass is 446 g/mol. The van der Waals surface area contributed by atoms with Gasteiger partial charge in [0.05, 0.1) is 19.1 Å². The predicted octanol–water partition coefficient (Wildman–Crippen LogP) is 4.33. The SMILES string of the molecule is COc1nc(CCc2nc3n(n2)CCC[C@@H]3c2ccc(F)c(C)c2)ccc1-n1cnc(C)c1.